The van der Waals surface area contributed by atoms with E-state index >= 15 is 0 Å². The number of likely N-dealkylation sites (tertiary alicyclic amines) is 1. The standard InChI is InChI=1S/C13H19BrN4O/c14-10-8-11(15)13(17-9-10)16-5-4-12(19)18-6-2-1-3-7-18/h8-9H,1-7,15H2,(H,16,17). The smallest absolute Gasteiger partial charge is 0.224 e. The average molecular weight is 327 g/mol. The second-order valence-electron chi connectivity index (χ2n) is 4.71. The zero-order valence-corrected chi connectivity index (χ0v) is 12.4. The van der Waals surface area contributed by atoms with Crippen LogP contribution >= 0.6 is 15.9 Å². The first-order valence-electron chi connectivity index (χ1n) is 6.59. The molecule has 1 fully saturated rings. The normalized spacial score (nSPS) is 15.3. The number of carbonyl (C=O) groups excluding carboxylic acids is 1. The molecule has 0 spiro atoms. The van der Waals surface area contributed by atoms with Crippen LogP contribution in [0.2, 0.25) is 0 Å². The highest BCUT2D eigenvalue weighted by molar-refractivity contribution is 9.10. The number of carbonyl (C=O) groups is 1. The molecule has 19 heavy (non-hydrogen) atoms. The van der Waals surface area contributed by atoms with Gasteiger partial charge in [0.1, 0.15) is 5.82 Å². The summed E-state index contributed by atoms with van der Waals surface area (Å²) in [5.74, 6) is 0.845. The van der Waals surface area contributed by atoms with Gasteiger partial charge in [-0.2, -0.15) is 0 Å². The van der Waals surface area contributed by atoms with Gasteiger partial charge in [-0.05, 0) is 41.3 Å². The summed E-state index contributed by atoms with van der Waals surface area (Å²) in [5.41, 5.74) is 6.41. The molecule has 0 unspecified atom stereocenters. The van der Waals surface area contributed by atoms with Crippen LogP contribution in [0, 0.1) is 0 Å². The topological polar surface area (TPSA) is 71.2 Å². The van der Waals surface area contributed by atoms with Crippen LogP contribution in [0.3, 0.4) is 0 Å². The Bertz CT molecular complexity index is 446. The van der Waals surface area contributed by atoms with Crippen LogP contribution in [0.15, 0.2) is 16.7 Å². The van der Waals surface area contributed by atoms with Gasteiger partial charge in [0.25, 0.3) is 0 Å². The highest BCUT2D eigenvalue weighted by Gasteiger charge is 2.15. The van der Waals surface area contributed by atoms with Gasteiger partial charge in [0, 0.05) is 36.7 Å². The lowest BCUT2D eigenvalue weighted by Gasteiger charge is -2.26. The van der Waals surface area contributed by atoms with E-state index in [1.807, 2.05) is 4.90 Å². The highest BCUT2D eigenvalue weighted by Crippen LogP contribution is 2.19. The Morgan fingerprint density at radius 1 is 1.42 bits per heavy atom. The molecule has 0 atom stereocenters. The predicted molar refractivity (Wildman–Crippen MR) is 79.9 cm³/mol. The SMILES string of the molecule is Nc1cc(Br)cnc1NCCC(=O)N1CCCCC1. The molecule has 1 aliphatic rings. The van der Waals surface area contributed by atoms with E-state index in [0.29, 0.717) is 24.5 Å². The number of nitrogens with zero attached hydrogens (tertiary/aromatic N) is 2. The molecule has 0 bridgehead atoms. The summed E-state index contributed by atoms with van der Waals surface area (Å²) in [7, 11) is 0. The number of anilines is 2. The molecule has 1 saturated heterocycles. The van der Waals surface area contributed by atoms with Crippen molar-refractivity contribution in [1.82, 2.24) is 9.88 Å². The minimum absolute atomic E-state index is 0.211. The van der Waals surface area contributed by atoms with Crippen molar-refractivity contribution in [2.24, 2.45) is 0 Å². The van der Waals surface area contributed by atoms with Crippen molar-refractivity contribution in [3.8, 4) is 0 Å². The van der Waals surface area contributed by atoms with Crippen molar-refractivity contribution in [3.05, 3.63) is 16.7 Å². The molecule has 1 aliphatic heterocycles. The quantitative estimate of drug-likeness (QED) is 0.890. The van der Waals surface area contributed by atoms with Crippen LogP contribution in [0.4, 0.5) is 11.5 Å². The fraction of sp³-hybridized carbons (Fsp3) is 0.538. The lowest BCUT2D eigenvalue weighted by Crippen LogP contribution is -2.36. The molecular weight excluding hydrogens is 308 g/mol. The second-order valence-corrected chi connectivity index (χ2v) is 5.63. The summed E-state index contributed by atoms with van der Waals surface area (Å²) in [6, 6.07) is 1.79. The van der Waals surface area contributed by atoms with E-state index in [1.54, 1.807) is 12.3 Å². The second kappa shape index (κ2) is 6.75. The van der Waals surface area contributed by atoms with Crippen LogP contribution < -0.4 is 11.1 Å². The Labute approximate surface area is 121 Å². The number of amides is 1. The summed E-state index contributed by atoms with van der Waals surface area (Å²) in [5, 5.41) is 3.11. The maximum Gasteiger partial charge on any atom is 0.224 e. The molecule has 0 saturated carbocycles. The van der Waals surface area contributed by atoms with Crippen molar-refractivity contribution in [2.75, 3.05) is 30.7 Å². The Hall–Kier alpha value is -1.30. The van der Waals surface area contributed by atoms with Gasteiger partial charge in [-0.3, -0.25) is 4.79 Å². The van der Waals surface area contributed by atoms with Crippen molar-refractivity contribution < 1.29 is 4.79 Å². The number of rotatable bonds is 4. The fourth-order valence-electron chi connectivity index (χ4n) is 2.19. The third-order valence-electron chi connectivity index (χ3n) is 3.22. The molecule has 0 radical (unpaired) electrons. The number of nitrogens with two attached hydrogens (primary N) is 1. The van der Waals surface area contributed by atoms with Gasteiger partial charge in [-0.1, -0.05) is 0 Å². The van der Waals surface area contributed by atoms with E-state index in [2.05, 4.69) is 26.2 Å². The lowest BCUT2D eigenvalue weighted by molar-refractivity contribution is -0.131. The van der Waals surface area contributed by atoms with E-state index in [0.717, 1.165) is 30.4 Å². The number of aromatic nitrogens is 1. The molecule has 2 heterocycles. The minimum Gasteiger partial charge on any atom is -0.396 e. The largest absolute Gasteiger partial charge is 0.396 e. The summed E-state index contributed by atoms with van der Waals surface area (Å²) < 4.78 is 0.847. The molecule has 5 nitrogen and oxygen atoms in total. The predicted octanol–water partition coefficient (Wildman–Crippen LogP) is 2.24. The van der Waals surface area contributed by atoms with Crippen molar-refractivity contribution in [1.29, 1.82) is 0 Å². The number of hydrogen-bond donors (Lipinski definition) is 2. The number of hydrogen-bond acceptors (Lipinski definition) is 4. The molecular formula is C13H19BrN4O. The zero-order chi connectivity index (χ0) is 13.7. The summed E-state index contributed by atoms with van der Waals surface area (Å²) >= 11 is 3.31. The summed E-state index contributed by atoms with van der Waals surface area (Å²) in [6.07, 6.45) is 5.66. The van der Waals surface area contributed by atoms with E-state index in [1.165, 1.54) is 6.42 Å². The first-order valence-corrected chi connectivity index (χ1v) is 7.39. The maximum atomic E-state index is 12.0. The number of piperidine rings is 1. The third kappa shape index (κ3) is 4.09. The Morgan fingerprint density at radius 3 is 2.84 bits per heavy atom. The van der Waals surface area contributed by atoms with Gasteiger partial charge < -0.3 is 16.0 Å². The average Bonchev–Trinajstić information content (AvgIpc) is 2.42. The van der Waals surface area contributed by atoms with Crippen LogP contribution in [-0.2, 0) is 4.79 Å². The van der Waals surface area contributed by atoms with E-state index in [9.17, 15) is 4.79 Å². The van der Waals surface area contributed by atoms with Gasteiger partial charge in [0.2, 0.25) is 5.91 Å². The van der Waals surface area contributed by atoms with Gasteiger partial charge >= 0.3 is 0 Å². The fourth-order valence-corrected chi connectivity index (χ4v) is 2.54. The van der Waals surface area contributed by atoms with Crippen molar-refractivity contribution in [3.63, 3.8) is 0 Å². The van der Waals surface area contributed by atoms with E-state index < -0.39 is 0 Å². The molecule has 2 rings (SSSR count). The van der Waals surface area contributed by atoms with Gasteiger partial charge in [0.15, 0.2) is 0 Å². The summed E-state index contributed by atoms with van der Waals surface area (Å²) in [4.78, 5) is 18.1. The molecule has 104 valence electrons. The van der Waals surface area contributed by atoms with Crippen LogP contribution in [0.5, 0.6) is 0 Å². The van der Waals surface area contributed by atoms with Gasteiger partial charge in [-0.25, -0.2) is 4.98 Å². The van der Waals surface area contributed by atoms with E-state index in [4.69, 9.17) is 5.73 Å². The molecule has 0 aliphatic carbocycles. The number of pyridine rings is 1. The zero-order valence-electron chi connectivity index (χ0n) is 10.9. The van der Waals surface area contributed by atoms with Crippen LogP contribution in [0.25, 0.3) is 0 Å². The monoisotopic (exact) mass is 326 g/mol. The van der Waals surface area contributed by atoms with Crippen molar-refractivity contribution in [2.45, 2.75) is 25.7 Å². The Morgan fingerprint density at radius 2 is 2.16 bits per heavy atom. The van der Waals surface area contributed by atoms with Crippen LogP contribution in [0.1, 0.15) is 25.7 Å². The Kier molecular flexibility index (Phi) is 5.01. The Balaban J connectivity index is 1.78. The first kappa shape index (κ1) is 14.1. The molecule has 0 aromatic carbocycles. The minimum atomic E-state index is 0.211. The van der Waals surface area contributed by atoms with Gasteiger partial charge in [0.05, 0.1) is 5.69 Å². The molecule has 3 N–H and O–H groups in total. The van der Waals surface area contributed by atoms with E-state index in [-0.39, 0.29) is 5.91 Å². The number of nitrogens with one attached hydrogen (secondary N) is 1. The summed E-state index contributed by atoms with van der Waals surface area (Å²) in [6.45, 7) is 2.36. The highest BCUT2D eigenvalue weighted by atomic mass is 79.9. The molecule has 1 amide bonds. The molecule has 1 aromatic rings. The van der Waals surface area contributed by atoms with Crippen LogP contribution in [-0.4, -0.2) is 35.4 Å². The number of nitrogen functional groups attached to an aromatic ring is 1. The molecule has 1 aromatic heterocycles. The maximum absolute atomic E-state index is 12.0. The van der Waals surface area contributed by atoms with Gasteiger partial charge in [-0.15, -0.1) is 0 Å². The first-order chi connectivity index (χ1) is 9.16. The van der Waals surface area contributed by atoms with Crippen molar-refractivity contribution >= 4 is 33.3 Å². The number of halogens is 1. The third-order valence-corrected chi connectivity index (χ3v) is 3.66. The lowest BCUT2D eigenvalue weighted by atomic mass is 10.1. The molecule has 6 heteroatoms.